The Morgan fingerprint density at radius 3 is 2.90 bits per heavy atom. The van der Waals surface area contributed by atoms with Crippen LogP contribution in [0.4, 0.5) is 5.69 Å². The number of carbonyl (C=O) groups excluding carboxylic acids is 2. The largest absolute Gasteiger partial charge is 0.465 e. The lowest BCUT2D eigenvalue weighted by Crippen LogP contribution is -2.32. The highest BCUT2D eigenvalue weighted by Crippen LogP contribution is 2.13. The zero-order chi connectivity index (χ0) is 15.7. The predicted octanol–water partition coefficient (Wildman–Crippen LogP) is 2.24. The van der Waals surface area contributed by atoms with E-state index in [0.717, 1.165) is 9.26 Å². The molecule has 0 spiro atoms. The van der Waals surface area contributed by atoms with Crippen molar-refractivity contribution < 1.29 is 14.3 Å². The normalized spacial score (nSPS) is 11.8. The van der Waals surface area contributed by atoms with Crippen LogP contribution < -0.4 is 11.1 Å². The summed E-state index contributed by atoms with van der Waals surface area (Å²) in [5.41, 5.74) is 6.46. The zero-order valence-electron chi connectivity index (χ0n) is 11.8. The first-order valence-electron chi connectivity index (χ1n) is 6.58. The van der Waals surface area contributed by atoms with Gasteiger partial charge in [-0.2, -0.15) is 11.8 Å². The third-order valence-electron chi connectivity index (χ3n) is 2.50. The van der Waals surface area contributed by atoms with Crippen LogP contribution in [0.25, 0.3) is 0 Å². The van der Waals surface area contributed by atoms with Gasteiger partial charge < -0.3 is 15.8 Å². The Kier molecular flexibility index (Phi) is 8.70. The number of carbonyl (C=O) groups is 2. The van der Waals surface area contributed by atoms with Gasteiger partial charge in [-0.1, -0.05) is 6.07 Å². The van der Waals surface area contributed by atoms with Gasteiger partial charge in [-0.15, -0.1) is 0 Å². The van der Waals surface area contributed by atoms with Crippen LogP contribution >= 0.6 is 34.4 Å². The number of rotatable bonds is 8. The smallest absolute Gasteiger partial charge is 0.322 e. The molecule has 0 fully saturated rings. The van der Waals surface area contributed by atoms with Crippen molar-refractivity contribution in [2.75, 3.05) is 23.4 Å². The first-order chi connectivity index (χ1) is 10.0. The van der Waals surface area contributed by atoms with E-state index in [1.165, 1.54) is 11.8 Å². The van der Waals surface area contributed by atoms with Gasteiger partial charge in [0.2, 0.25) is 5.91 Å². The van der Waals surface area contributed by atoms with E-state index in [0.29, 0.717) is 24.5 Å². The summed E-state index contributed by atoms with van der Waals surface area (Å²) in [6.45, 7) is 2.08. The molecule has 1 rings (SSSR count). The number of hydrogen-bond donors (Lipinski definition) is 2. The fraction of sp³-hybridized carbons (Fsp3) is 0.429. The number of thioether (sulfide) groups is 1. The molecule has 0 aliphatic heterocycles. The minimum Gasteiger partial charge on any atom is -0.465 e. The van der Waals surface area contributed by atoms with Gasteiger partial charge in [0.1, 0.15) is 6.04 Å². The molecule has 0 saturated carbocycles. The van der Waals surface area contributed by atoms with Crippen molar-refractivity contribution in [3.63, 3.8) is 0 Å². The van der Waals surface area contributed by atoms with E-state index < -0.39 is 6.04 Å². The van der Waals surface area contributed by atoms with E-state index in [-0.39, 0.29) is 11.9 Å². The molecule has 0 heterocycles. The standard InChI is InChI=1S/C14H19IN2O3S/c1-2-20-14(19)12(16)6-7-21-9-13(18)17-11-5-3-4-10(15)8-11/h3-5,8,12H,2,6-7,9,16H2,1H3,(H,17,18). The fourth-order valence-corrected chi connectivity index (χ4v) is 2.87. The maximum absolute atomic E-state index is 11.7. The molecule has 0 bridgehead atoms. The third kappa shape index (κ3) is 7.68. The van der Waals surface area contributed by atoms with Crippen LogP contribution in [0.5, 0.6) is 0 Å². The maximum Gasteiger partial charge on any atom is 0.322 e. The van der Waals surface area contributed by atoms with Gasteiger partial charge in [-0.3, -0.25) is 9.59 Å². The summed E-state index contributed by atoms with van der Waals surface area (Å²) < 4.78 is 5.89. The second-order valence-electron chi connectivity index (χ2n) is 4.26. The van der Waals surface area contributed by atoms with Crippen LogP contribution in [0.1, 0.15) is 13.3 Å². The Balaban J connectivity index is 2.20. The van der Waals surface area contributed by atoms with Crippen LogP contribution in [0, 0.1) is 3.57 Å². The quantitative estimate of drug-likeness (QED) is 0.382. The highest BCUT2D eigenvalue weighted by molar-refractivity contribution is 14.1. The summed E-state index contributed by atoms with van der Waals surface area (Å²) in [7, 11) is 0. The monoisotopic (exact) mass is 422 g/mol. The fourth-order valence-electron chi connectivity index (χ4n) is 1.51. The number of hydrogen-bond acceptors (Lipinski definition) is 5. The number of halogens is 1. The number of anilines is 1. The minimum absolute atomic E-state index is 0.0632. The summed E-state index contributed by atoms with van der Waals surface area (Å²) in [6, 6.07) is 6.99. The number of benzene rings is 1. The molecule has 7 heteroatoms. The molecule has 1 atom stereocenters. The Labute approximate surface area is 142 Å². The molecule has 0 aliphatic rings. The second kappa shape index (κ2) is 10.0. The molecule has 3 N–H and O–H groups in total. The van der Waals surface area contributed by atoms with Gasteiger partial charge in [0, 0.05) is 9.26 Å². The van der Waals surface area contributed by atoms with Gasteiger partial charge in [-0.25, -0.2) is 0 Å². The SMILES string of the molecule is CCOC(=O)C(N)CCSCC(=O)Nc1cccc(I)c1. The predicted molar refractivity (Wildman–Crippen MR) is 94.3 cm³/mol. The Morgan fingerprint density at radius 2 is 2.24 bits per heavy atom. The number of nitrogens with two attached hydrogens (primary N) is 1. The van der Waals surface area contributed by atoms with Gasteiger partial charge >= 0.3 is 5.97 Å². The number of ether oxygens (including phenoxy) is 1. The lowest BCUT2D eigenvalue weighted by Gasteiger charge is -2.10. The maximum atomic E-state index is 11.7. The van der Waals surface area contributed by atoms with Crippen molar-refractivity contribution in [3.8, 4) is 0 Å². The van der Waals surface area contributed by atoms with Gasteiger partial charge in [0.15, 0.2) is 0 Å². The molecule has 0 aliphatic carbocycles. The highest BCUT2D eigenvalue weighted by Gasteiger charge is 2.14. The lowest BCUT2D eigenvalue weighted by molar-refractivity contribution is -0.144. The average Bonchev–Trinajstić information content (AvgIpc) is 2.43. The first kappa shape index (κ1) is 18.2. The molecule has 1 aromatic carbocycles. The van der Waals surface area contributed by atoms with E-state index in [2.05, 4.69) is 27.9 Å². The molecule has 1 amide bonds. The van der Waals surface area contributed by atoms with Crippen LogP contribution in [0.15, 0.2) is 24.3 Å². The average molecular weight is 422 g/mol. The van der Waals surface area contributed by atoms with E-state index in [1.54, 1.807) is 6.92 Å². The molecule has 116 valence electrons. The van der Waals surface area contributed by atoms with E-state index in [1.807, 2.05) is 24.3 Å². The summed E-state index contributed by atoms with van der Waals surface area (Å²) in [4.78, 5) is 23.1. The van der Waals surface area contributed by atoms with Crippen LogP contribution in [-0.4, -0.2) is 36.0 Å². The highest BCUT2D eigenvalue weighted by atomic mass is 127. The summed E-state index contributed by atoms with van der Waals surface area (Å²) in [6.07, 6.45) is 0.500. The lowest BCUT2D eigenvalue weighted by atomic mass is 10.2. The van der Waals surface area contributed by atoms with Crippen molar-refractivity contribution in [2.45, 2.75) is 19.4 Å². The molecule has 0 aromatic heterocycles. The Bertz CT molecular complexity index is 485. The topological polar surface area (TPSA) is 81.4 Å². The molecule has 21 heavy (non-hydrogen) atoms. The third-order valence-corrected chi connectivity index (χ3v) is 4.17. The zero-order valence-corrected chi connectivity index (χ0v) is 14.8. The molecule has 0 radical (unpaired) electrons. The molecule has 5 nitrogen and oxygen atoms in total. The second-order valence-corrected chi connectivity index (χ2v) is 6.61. The minimum atomic E-state index is -0.615. The van der Waals surface area contributed by atoms with Crippen molar-refractivity contribution >= 4 is 51.9 Å². The molecule has 1 aromatic rings. The van der Waals surface area contributed by atoms with Crippen molar-refractivity contribution in [1.29, 1.82) is 0 Å². The van der Waals surface area contributed by atoms with Gasteiger partial charge in [0.05, 0.1) is 12.4 Å². The first-order valence-corrected chi connectivity index (χ1v) is 8.81. The van der Waals surface area contributed by atoms with Gasteiger partial charge in [-0.05, 0) is 59.9 Å². The Hall–Kier alpha value is -0.800. The summed E-state index contributed by atoms with van der Waals surface area (Å²) in [5.74, 6) is 0.522. The molecular formula is C14H19IN2O3S. The van der Waals surface area contributed by atoms with Crippen molar-refractivity contribution in [3.05, 3.63) is 27.8 Å². The summed E-state index contributed by atoms with van der Waals surface area (Å²) in [5, 5.41) is 2.83. The Morgan fingerprint density at radius 1 is 1.48 bits per heavy atom. The van der Waals surface area contributed by atoms with Crippen LogP contribution in [0.3, 0.4) is 0 Å². The number of amides is 1. The van der Waals surface area contributed by atoms with E-state index in [9.17, 15) is 9.59 Å². The number of nitrogens with one attached hydrogen (secondary N) is 1. The van der Waals surface area contributed by atoms with Crippen LogP contribution in [0.2, 0.25) is 0 Å². The molecular weight excluding hydrogens is 403 g/mol. The van der Waals surface area contributed by atoms with Crippen molar-refractivity contribution in [1.82, 2.24) is 0 Å². The molecule has 0 saturated heterocycles. The van der Waals surface area contributed by atoms with Crippen LogP contribution in [-0.2, 0) is 14.3 Å². The van der Waals surface area contributed by atoms with Crippen molar-refractivity contribution in [2.24, 2.45) is 5.73 Å². The summed E-state index contributed by atoms with van der Waals surface area (Å²) >= 11 is 3.64. The number of esters is 1. The van der Waals surface area contributed by atoms with E-state index >= 15 is 0 Å². The molecule has 1 unspecified atom stereocenters. The van der Waals surface area contributed by atoms with E-state index in [4.69, 9.17) is 10.5 Å². The van der Waals surface area contributed by atoms with Gasteiger partial charge in [0.25, 0.3) is 0 Å².